The van der Waals surface area contributed by atoms with Gasteiger partial charge in [0.1, 0.15) is 0 Å². The molecule has 0 aliphatic rings. The highest BCUT2D eigenvalue weighted by atomic mass is 35.5. The minimum Gasteiger partial charge on any atom is -0.304 e. The third kappa shape index (κ3) is 28.2. The molecule has 0 aliphatic carbocycles. The molecule has 0 spiro atoms. The summed E-state index contributed by atoms with van der Waals surface area (Å²) in [4.78, 5) is 2.65. The molecule has 0 atom stereocenters. The molecule has 0 aromatic rings. The number of rotatable bonds is 25. The second-order valence-electron chi connectivity index (χ2n) is 10.3. The van der Waals surface area contributed by atoms with Crippen molar-refractivity contribution in [3.05, 3.63) is 0 Å². The Morgan fingerprint density at radius 3 is 1.06 bits per heavy atom. The molecule has 0 N–H and O–H groups in total. The van der Waals surface area contributed by atoms with Crippen molar-refractivity contribution in [2.45, 2.75) is 163 Å². The normalized spacial score (nSPS) is 11.4. The van der Waals surface area contributed by atoms with E-state index in [-0.39, 0.29) is 12.4 Å². The van der Waals surface area contributed by atoms with E-state index < -0.39 is 0 Å². The molecule has 31 heavy (non-hydrogen) atoms. The van der Waals surface area contributed by atoms with Gasteiger partial charge in [-0.15, -0.1) is 12.4 Å². The van der Waals surface area contributed by atoms with Crippen molar-refractivity contribution in [1.82, 2.24) is 4.90 Å². The maximum absolute atomic E-state index is 2.65. The van der Waals surface area contributed by atoms with Gasteiger partial charge in [-0.3, -0.25) is 0 Å². The van der Waals surface area contributed by atoms with Crippen LogP contribution in [0.25, 0.3) is 0 Å². The second kappa shape index (κ2) is 28.3. The molecule has 0 bridgehead atoms. The number of hydrogen-bond acceptors (Lipinski definition) is 1. The Morgan fingerprint density at radius 1 is 0.452 bits per heavy atom. The Bertz CT molecular complexity index is 305. The number of hydrogen-bond donors (Lipinski definition) is 0. The van der Waals surface area contributed by atoms with Crippen molar-refractivity contribution in [1.29, 1.82) is 0 Å². The van der Waals surface area contributed by atoms with Crippen molar-refractivity contribution in [2.24, 2.45) is 5.92 Å². The van der Waals surface area contributed by atoms with E-state index in [9.17, 15) is 0 Å². The van der Waals surface area contributed by atoms with E-state index in [1.165, 1.54) is 154 Å². The van der Waals surface area contributed by atoms with Gasteiger partial charge < -0.3 is 4.90 Å². The summed E-state index contributed by atoms with van der Waals surface area (Å²) >= 11 is 0. The molecule has 0 amide bonds. The standard InChI is InChI=1S/C29H61N.ClH/c1-5-7-8-9-10-11-12-13-14-15-16-17-18-19-20-21-22-23-24-25-27-30(6-2)28-26-29(3)4;/h29H,5-28H2,1-4H3;1H. The third-order valence-electron chi connectivity index (χ3n) is 6.80. The summed E-state index contributed by atoms with van der Waals surface area (Å²) in [5.41, 5.74) is 0. The smallest absolute Gasteiger partial charge is 0.00164 e. The predicted octanol–water partition coefficient (Wildman–Crippen LogP) is 10.6. The van der Waals surface area contributed by atoms with Gasteiger partial charge in [0.25, 0.3) is 0 Å². The molecule has 190 valence electrons. The average Bonchev–Trinajstić information content (AvgIpc) is 2.74. The summed E-state index contributed by atoms with van der Waals surface area (Å²) in [6.07, 6.45) is 30.7. The van der Waals surface area contributed by atoms with Crippen LogP contribution in [-0.4, -0.2) is 24.5 Å². The number of nitrogens with zero attached hydrogens (tertiary/aromatic N) is 1. The van der Waals surface area contributed by atoms with Crippen LogP contribution in [-0.2, 0) is 0 Å². The minimum atomic E-state index is 0. The van der Waals surface area contributed by atoms with Gasteiger partial charge in [-0.05, 0) is 38.4 Å². The lowest BCUT2D eigenvalue weighted by atomic mass is 10.0. The fourth-order valence-corrected chi connectivity index (χ4v) is 4.46. The van der Waals surface area contributed by atoms with Crippen LogP contribution in [0.15, 0.2) is 0 Å². The lowest BCUT2D eigenvalue weighted by Crippen LogP contribution is -2.26. The highest BCUT2D eigenvalue weighted by Crippen LogP contribution is 2.15. The Labute approximate surface area is 205 Å². The number of unbranched alkanes of at least 4 members (excludes halogenated alkanes) is 19. The first kappa shape index (κ1) is 33.4. The predicted molar refractivity (Wildman–Crippen MR) is 147 cm³/mol. The summed E-state index contributed by atoms with van der Waals surface area (Å²) in [5.74, 6) is 0.842. The molecule has 0 fully saturated rings. The van der Waals surface area contributed by atoms with Gasteiger partial charge in [-0.2, -0.15) is 0 Å². The fourth-order valence-electron chi connectivity index (χ4n) is 4.46. The summed E-state index contributed by atoms with van der Waals surface area (Å²) in [5, 5.41) is 0. The van der Waals surface area contributed by atoms with Crippen LogP contribution in [0, 0.1) is 5.92 Å². The Hall–Kier alpha value is 0.250. The largest absolute Gasteiger partial charge is 0.304 e. The van der Waals surface area contributed by atoms with Crippen LogP contribution in [0.4, 0.5) is 0 Å². The molecule has 2 heteroatoms. The van der Waals surface area contributed by atoms with Crippen molar-refractivity contribution in [2.75, 3.05) is 19.6 Å². The first-order chi connectivity index (χ1) is 14.7. The van der Waals surface area contributed by atoms with E-state index in [1.807, 2.05) is 0 Å². The zero-order chi connectivity index (χ0) is 22.1. The Balaban J connectivity index is 0. The monoisotopic (exact) mass is 459 g/mol. The molecule has 1 nitrogen and oxygen atoms in total. The molecular formula is C29H62ClN. The molecule has 0 aromatic carbocycles. The van der Waals surface area contributed by atoms with Crippen LogP contribution >= 0.6 is 12.4 Å². The highest BCUT2D eigenvalue weighted by Gasteiger charge is 2.03. The molecule has 0 aliphatic heterocycles. The maximum atomic E-state index is 2.65. The first-order valence-corrected chi connectivity index (χ1v) is 14.4. The van der Waals surface area contributed by atoms with Crippen LogP contribution in [0.3, 0.4) is 0 Å². The molecule has 0 aromatic heterocycles. The molecule has 0 saturated heterocycles. The van der Waals surface area contributed by atoms with Gasteiger partial charge >= 0.3 is 0 Å². The molecular weight excluding hydrogens is 398 g/mol. The molecule has 0 radical (unpaired) electrons. The summed E-state index contributed by atoms with van der Waals surface area (Å²) in [6.45, 7) is 13.1. The molecule has 0 rings (SSSR count). The van der Waals surface area contributed by atoms with Gasteiger partial charge in [0.15, 0.2) is 0 Å². The quantitative estimate of drug-likeness (QED) is 0.123. The SMILES string of the molecule is CCCCCCCCCCCCCCCCCCCCCCN(CC)CCC(C)C.Cl. The minimum absolute atomic E-state index is 0. The zero-order valence-corrected chi connectivity index (χ0v) is 23.2. The van der Waals surface area contributed by atoms with Gasteiger partial charge in [0.2, 0.25) is 0 Å². The van der Waals surface area contributed by atoms with Gasteiger partial charge in [0, 0.05) is 0 Å². The molecule has 0 saturated carbocycles. The van der Waals surface area contributed by atoms with Gasteiger partial charge in [0.05, 0.1) is 0 Å². The zero-order valence-electron chi connectivity index (χ0n) is 22.4. The van der Waals surface area contributed by atoms with E-state index in [0.717, 1.165) is 5.92 Å². The van der Waals surface area contributed by atoms with Gasteiger partial charge in [-0.25, -0.2) is 0 Å². The van der Waals surface area contributed by atoms with E-state index in [0.29, 0.717) is 0 Å². The average molecular weight is 460 g/mol. The van der Waals surface area contributed by atoms with E-state index in [1.54, 1.807) is 0 Å². The third-order valence-corrected chi connectivity index (χ3v) is 6.80. The van der Waals surface area contributed by atoms with Crippen molar-refractivity contribution in [3.63, 3.8) is 0 Å². The summed E-state index contributed by atoms with van der Waals surface area (Å²) in [7, 11) is 0. The van der Waals surface area contributed by atoms with E-state index >= 15 is 0 Å². The van der Waals surface area contributed by atoms with Crippen LogP contribution < -0.4 is 0 Å². The Morgan fingerprint density at radius 2 is 0.774 bits per heavy atom. The maximum Gasteiger partial charge on any atom is -0.00164 e. The highest BCUT2D eigenvalue weighted by molar-refractivity contribution is 5.85. The summed E-state index contributed by atoms with van der Waals surface area (Å²) < 4.78 is 0. The van der Waals surface area contributed by atoms with Crippen molar-refractivity contribution >= 4 is 12.4 Å². The molecule has 0 heterocycles. The van der Waals surface area contributed by atoms with E-state index in [4.69, 9.17) is 0 Å². The van der Waals surface area contributed by atoms with Crippen LogP contribution in [0.5, 0.6) is 0 Å². The lowest BCUT2D eigenvalue weighted by Gasteiger charge is -2.21. The molecule has 0 unspecified atom stereocenters. The topological polar surface area (TPSA) is 3.24 Å². The lowest BCUT2D eigenvalue weighted by molar-refractivity contribution is 0.264. The fraction of sp³-hybridized carbons (Fsp3) is 1.00. The Kier molecular flexibility index (Phi) is 30.5. The van der Waals surface area contributed by atoms with Crippen LogP contribution in [0.2, 0.25) is 0 Å². The van der Waals surface area contributed by atoms with E-state index in [2.05, 4.69) is 32.6 Å². The summed E-state index contributed by atoms with van der Waals surface area (Å²) in [6, 6.07) is 0. The van der Waals surface area contributed by atoms with Gasteiger partial charge in [-0.1, -0.05) is 150 Å². The first-order valence-electron chi connectivity index (χ1n) is 14.4. The van der Waals surface area contributed by atoms with Crippen molar-refractivity contribution < 1.29 is 0 Å². The second-order valence-corrected chi connectivity index (χ2v) is 10.3. The van der Waals surface area contributed by atoms with Crippen LogP contribution in [0.1, 0.15) is 163 Å². The van der Waals surface area contributed by atoms with Crippen molar-refractivity contribution in [3.8, 4) is 0 Å². The number of halogens is 1.